The number of carbonyl (C=O) groups excluding carboxylic acids is 1. The number of rotatable bonds is 2. The first-order valence-corrected chi connectivity index (χ1v) is 5.83. The molecule has 1 heterocycles. The lowest BCUT2D eigenvalue weighted by molar-refractivity contribution is 0.100. The molecular formula is C13H19N3O. The fourth-order valence-corrected chi connectivity index (χ4v) is 2.34. The van der Waals surface area contributed by atoms with Crippen molar-refractivity contribution in [2.45, 2.75) is 20.3 Å². The molecule has 4 heteroatoms. The Hall–Kier alpha value is -1.71. The Morgan fingerprint density at radius 3 is 2.65 bits per heavy atom. The van der Waals surface area contributed by atoms with Crippen molar-refractivity contribution in [1.29, 1.82) is 0 Å². The number of nitrogens with zero attached hydrogens (tertiary/aromatic N) is 1. The van der Waals surface area contributed by atoms with Gasteiger partial charge in [0, 0.05) is 18.8 Å². The van der Waals surface area contributed by atoms with E-state index in [-0.39, 0.29) is 5.41 Å². The summed E-state index contributed by atoms with van der Waals surface area (Å²) >= 11 is 0. The summed E-state index contributed by atoms with van der Waals surface area (Å²) in [6, 6.07) is 5.25. The number of benzene rings is 1. The minimum absolute atomic E-state index is 0.277. The van der Waals surface area contributed by atoms with Crippen LogP contribution in [0.5, 0.6) is 0 Å². The molecule has 0 radical (unpaired) electrons. The largest absolute Gasteiger partial charge is 0.399 e. The van der Waals surface area contributed by atoms with Crippen molar-refractivity contribution < 1.29 is 4.79 Å². The monoisotopic (exact) mass is 233 g/mol. The Balaban J connectivity index is 2.38. The van der Waals surface area contributed by atoms with Crippen molar-refractivity contribution in [3.05, 3.63) is 23.8 Å². The molecule has 1 aromatic carbocycles. The fraction of sp³-hybridized carbons (Fsp3) is 0.462. The Labute approximate surface area is 102 Å². The van der Waals surface area contributed by atoms with Crippen LogP contribution >= 0.6 is 0 Å². The highest BCUT2D eigenvalue weighted by Crippen LogP contribution is 2.34. The van der Waals surface area contributed by atoms with E-state index in [0.717, 1.165) is 25.2 Å². The van der Waals surface area contributed by atoms with Crippen LogP contribution in [0.1, 0.15) is 30.6 Å². The molecule has 0 unspecified atom stereocenters. The summed E-state index contributed by atoms with van der Waals surface area (Å²) in [6.07, 6.45) is 1.11. The van der Waals surface area contributed by atoms with Gasteiger partial charge in [0.2, 0.25) is 0 Å². The number of primary amides is 1. The zero-order valence-corrected chi connectivity index (χ0v) is 10.4. The van der Waals surface area contributed by atoms with Gasteiger partial charge in [-0.3, -0.25) is 4.79 Å². The summed E-state index contributed by atoms with van der Waals surface area (Å²) in [7, 11) is 0. The lowest BCUT2D eigenvalue weighted by Gasteiger charge is -2.23. The summed E-state index contributed by atoms with van der Waals surface area (Å²) in [5.74, 6) is -0.398. The Morgan fingerprint density at radius 2 is 2.12 bits per heavy atom. The molecule has 0 atom stereocenters. The second-order valence-electron chi connectivity index (χ2n) is 5.48. The molecule has 1 aromatic rings. The van der Waals surface area contributed by atoms with Gasteiger partial charge in [-0.2, -0.15) is 0 Å². The van der Waals surface area contributed by atoms with Gasteiger partial charge in [0.05, 0.1) is 11.3 Å². The first-order valence-electron chi connectivity index (χ1n) is 5.83. The maximum Gasteiger partial charge on any atom is 0.250 e. The first-order chi connectivity index (χ1) is 7.89. The molecule has 0 aromatic heterocycles. The van der Waals surface area contributed by atoms with E-state index in [9.17, 15) is 4.79 Å². The molecule has 1 saturated heterocycles. The van der Waals surface area contributed by atoms with E-state index in [4.69, 9.17) is 11.5 Å². The van der Waals surface area contributed by atoms with E-state index in [1.165, 1.54) is 0 Å². The number of hydrogen-bond donors (Lipinski definition) is 2. The van der Waals surface area contributed by atoms with Crippen LogP contribution in [0.15, 0.2) is 18.2 Å². The van der Waals surface area contributed by atoms with Crippen molar-refractivity contribution in [2.24, 2.45) is 11.1 Å². The van der Waals surface area contributed by atoms with Gasteiger partial charge in [-0.1, -0.05) is 13.8 Å². The highest BCUT2D eigenvalue weighted by atomic mass is 16.1. The second kappa shape index (κ2) is 3.95. The number of amides is 1. The second-order valence-corrected chi connectivity index (χ2v) is 5.48. The predicted octanol–water partition coefficient (Wildman–Crippen LogP) is 1.60. The average Bonchev–Trinajstić information content (AvgIpc) is 2.58. The molecule has 1 amide bonds. The van der Waals surface area contributed by atoms with E-state index >= 15 is 0 Å². The van der Waals surface area contributed by atoms with Gasteiger partial charge in [-0.25, -0.2) is 0 Å². The van der Waals surface area contributed by atoms with Crippen LogP contribution in [-0.4, -0.2) is 19.0 Å². The molecule has 1 aliphatic rings. The highest BCUT2D eigenvalue weighted by molar-refractivity contribution is 5.99. The highest BCUT2D eigenvalue weighted by Gasteiger charge is 2.30. The molecule has 1 fully saturated rings. The molecule has 0 spiro atoms. The summed E-state index contributed by atoms with van der Waals surface area (Å²) < 4.78 is 0. The lowest BCUT2D eigenvalue weighted by Crippen LogP contribution is -2.26. The third kappa shape index (κ3) is 2.35. The molecule has 1 aliphatic heterocycles. The third-order valence-electron chi connectivity index (χ3n) is 3.31. The van der Waals surface area contributed by atoms with Crippen LogP contribution in [0.4, 0.5) is 11.4 Å². The maximum atomic E-state index is 11.4. The zero-order valence-electron chi connectivity index (χ0n) is 10.4. The van der Waals surface area contributed by atoms with Crippen molar-refractivity contribution >= 4 is 17.3 Å². The molecule has 4 N–H and O–H groups in total. The topological polar surface area (TPSA) is 72.3 Å². The first kappa shape index (κ1) is 11.8. The van der Waals surface area contributed by atoms with Crippen LogP contribution in [0.2, 0.25) is 0 Å². The Kier molecular flexibility index (Phi) is 2.73. The van der Waals surface area contributed by atoms with E-state index in [1.54, 1.807) is 12.1 Å². The molecular weight excluding hydrogens is 214 g/mol. The van der Waals surface area contributed by atoms with Crippen LogP contribution in [0.3, 0.4) is 0 Å². The number of anilines is 2. The number of nitrogen functional groups attached to an aromatic ring is 1. The third-order valence-corrected chi connectivity index (χ3v) is 3.31. The molecule has 2 rings (SSSR count). The molecule has 0 bridgehead atoms. The summed E-state index contributed by atoms with van der Waals surface area (Å²) in [6.45, 7) is 6.32. The minimum atomic E-state index is -0.398. The Morgan fingerprint density at radius 1 is 1.41 bits per heavy atom. The summed E-state index contributed by atoms with van der Waals surface area (Å²) in [5.41, 5.74) is 13.5. The predicted molar refractivity (Wildman–Crippen MR) is 70.0 cm³/mol. The van der Waals surface area contributed by atoms with Gasteiger partial charge in [0.15, 0.2) is 0 Å². The molecule has 0 saturated carbocycles. The Bertz CT molecular complexity index is 454. The van der Waals surface area contributed by atoms with Gasteiger partial charge in [0.1, 0.15) is 0 Å². The van der Waals surface area contributed by atoms with Crippen molar-refractivity contribution in [3.8, 4) is 0 Å². The van der Waals surface area contributed by atoms with E-state index < -0.39 is 5.91 Å². The molecule has 92 valence electrons. The normalized spacial score (nSPS) is 18.4. The van der Waals surface area contributed by atoms with Crippen molar-refractivity contribution in [3.63, 3.8) is 0 Å². The van der Waals surface area contributed by atoms with Crippen LogP contribution in [-0.2, 0) is 0 Å². The minimum Gasteiger partial charge on any atom is -0.399 e. The van der Waals surface area contributed by atoms with Gasteiger partial charge >= 0.3 is 0 Å². The lowest BCUT2D eigenvalue weighted by atomic mass is 9.93. The van der Waals surface area contributed by atoms with Gasteiger partial charge < -0.3 is 16.4 Å². The number of nitrogens with two attached hydrogens (primary N) is 2. The van der Waals surface area contributed by atoms with Gasteiger partial charge in [0.25, 0.3) is 5.91 Å². The summed E-state index contributed by atoms with van der Waals surface area (Å²) in [4.78, 5) is 13.6. The van der Waals surface area contributed by atoms with E-state index in [1.807, 2.05) is 6.07 Å². The molecule has 0 aliphatic carbocycles. The average molecular weight is 233 g/mol. The quantitative estimate of drug-likeness (QED) is 0.762. The standard InChI is InChI=1S/C13H19N3O/c1-13(2)5-6-16(8-13)11-7-9(14)3-4-10(11)12(15)17/h3-4,7H,5-6,8,14H2,1-2H3,(H2,15,17). The van der Waals surface area contributed by atoms with Gasteiger partial charge in [-0.05, 0) is 30.0 Å². The zero-order chi connectivity index (χ0) is 12.6. The molecule has 4 nitrogen and oxygen atoms in total. The molecule has 17 heavy (non-hydrogen) atoms. The number of carbonyl (C=O) groups is 1. The van der Waals surface area contributed by atoms with E-state index in [0.29, 0.717) is 11.3 Å². The van der Waals surface area contributed by atoms with Crippen molar-refractivity contribution in [2.75, 3.05) is 23.7 Å². The summed E-state index contributed by atoms with van der Waals surface area (Å²) in [5, 5.41) is 0. The van der Waals surface area contributed by atoms with Crippen molar-refractivity contribution in [1.82, 2.24) is 0 Å². The van der Waals surface area contributed by atoms with Crippen LogP contribution in [0, 0.1) is 5.41 Å². The smallest absolute Gasteiger partial charge is 0.250 e. The SMILES string of the molecule is CC1(C)CCN(c2cc(N)ccc2C(N)=O)C1. The van der Waals surface area contributed by atoms with Gasteiger partial charge in [-0.15, -0.1) is 0 Å². The fourth-order valence-electron chi connectivity index (χ4n) is 2.34. The number of hydrogen-bond acceptors (Lipinski definition) is 3. The van der Waals surface area contributed by atoms with Crippen LogP contribution < -0.4 is 16.4 Å². The maximum absolute atomic E-state index is 11.4. The van der Waals surface area contributed by atoms with E-state index in [2.05, 4.69) is 18.7 Å². The van der Waals surface area contributed by atoms with Crippen LogP contribution in [0.25, 0.3) is 0 Å².